The Labute approximate surface area is 123 Å². The molecule has 0 saturated carbocycles. The number of nitrogens with zero attached hydrogens (tertiary/aromatic N) is 2. The smallest absolute Gasteiger partial charge is 0.243 e. The highest BCUT2D eigenvalue weighted by Gasteiger charge is 2.29. The van der Waals surface area contributed by atoms with Gasteiger partial charge in [-0.25, -0.2) is 8.42 Å². The molecule has 1 saturated heterocycles. The molecular formula is C12H16ClN3O3S. The van der Waals surface area contributed by atoms with E-state index in [2.05, 4.69) is 0 Å². The normalized spacial score (nSPS) is 17.2. The average Bonchev–Trinajstić information content (AvgIpc) is 2.41. The maximum absolute atomic E-state index is 12.5. The fourth-order valence-electron chi connectivity index (χ4n) is 2.07. The Balaban J connectivity index is 2.19. The van der Waals surface area contributed by atoms with Crippen LogP contribution in [0.25, 0.3) is 0 Å². The van der Waals surface area contributed by atoms with Crippen molar-refractivity contribution in [1.82, 2.24) is 9.21 Å². The Morgan fingerprint density at radius 1 is 1.25 bits per heavy atom. The minimum atomic E-state index is -3.59. The van der Waals surface area contributed by atoms with Gasteiger partial charge in [-0.05, 0) is 18.2 Å². The summed E-state index contributed by atoms with van der Waals surface area (Å²) in [6, 6.07) is 4.26. The first-order valence-electron chi connectivity index (χ1n) is 6.13. The van der Waals surface area contributed by atoms with Gasteiger partial charge in [0.25, 0.3) is 0 Å². The van der Waals surface area contributed by atoms with Gasteiger partial charge in [0.15, 0.2) is 0 Å². The maximum atomic E-state index is 12.5. The summed E-state index contributed by atoms with van der Waals surface area (Å²) >= 11 is 5.79. The summed E-state index contributed by atoms with van der Waals surface area (Å²) in [6.45, 7) is 2.84. The third kappa shape index (κ3) is 2.89. The number of rotatable bonds is 2. The van der Waals surface area contributed by atoms with Gasteiger partial charge in [-0.2, -0.15) is 4.31 Å². The lowest BCUT2D eigenvalue weighted by atomic mass is 10.3. The highest BCUT2D eigenvalue weighted by Crippen LogP contribution is 2.25. The molecular weight excluding hydrogens is 302 g/mol. The summed E-state index contributed by atoms with van der Waals surface area (Å²) in [4.78, 5) is 13.0. The highest BCUT2D eigenvalue weighted by atomic mass is 35.5. The van der Waals surface area contributed by atoms with Crippen molar-refractivity contribution in [3.63, 3.8) is 0 Å². The van der Waals surface area contributed by atoms with Gasteiger partial charge in [0.1, 0.15) is 0 Å². The molecule has 2 N–H and O–H groups in total. The molecule has 0 atom stereocenters. The van der Waals surface area contributed by atoms with Crippen LogP contribution in [0.2, 0.25) is 5.02 Å². The molecule has 0 bridgehead atoms. The summed E-state index contributed by atoms with van der Waals surface area (Å²) in [5.41, 5.74) is 5.87. The second kappa shape index (κ2) is 5.59. The molecule has 20 heavy (non-hydrogen) atoms. The Morgan fingerprint density at radius 2 is 1.85 bits per heavy atom. The van der Waals surface area contributed by atoms with Crippen LogP contribution in [-0.4, -0.2) is 49.7 Å². The number of sulfonamides is 1. The monoisotopic (exact) mass is 317 g/mol. The molecule has 1 aromatic carbocycles. The minimum absolute atomic E-state index is 0.0437. The molecule has 2 rings (SSSR count). The van der Waals surface area contributed by atoms with Crippen molar-refractivity contribution in [2.75, 3.05) is 31.9 Å². The van der Waals surface area contributed by atoms with Crippen molar-refractivity contribution in [2.24, 2.45) is 0 Å². The number of nitrogen functional groups attached to an aromatic ring is 1. The fourth-order valence-corrected chi connectivity index (χ4v) is 3.65. The SMILES string of the molecule is CC(=O)N1CCN(S(=O)(=O)c2ccc(Cl)c(N)c2)CC1. The van der Waals surface area contributed by atoms with E-state index in [1.54, 1.807) is 4.90 Å². The Kier molecular flexibility index (Phi) is 4.22. The molecule has 1 amide bonds. The van der Waals surface area contributed by atoms with E-state index in [0.29, 0.717) is 18.1 Å². The number of anilines is 1. The number of hydrogen-bond acceptors (Lipinski definition) is 4. The third-order valence-corrected chi connectivity index (χ3v) is 5.53. The van der Waals surface area contributed by atoms with Gasteiger partial charge in [0.05, 0.1) is 15.6 Å². The van der Waals surface area contributed by atoms with Gasteiger partial charge >= 0.3 is 0 Å². The summed E-state index contributed by atoms with van der Waals surface area (Å²) < 4.78 is 26.3. The first kappa shape index (κ1) is 15.1. The number of carbonyl (C=O) groups excluding carboxylic acids is 1. The van der Waals surface area contributed by atoms with Crippen LogP contribution in [0, 0.1) is 0 Å². The summed E-state index contributed by atoms with van der Waals surface area (Å²) in [7, 11) is -3.59. The molecule has 0 spiro atoms. The van der Waals surface area contributed by atoms with Crippen LogP contribution in [0.1, 0.15) is 6.92 Å². The molecule has 110 valence electrons. The van der Waals surface area contributed by atoms with Crippen molar-refractivity contribution in [3.8, 4) is 0 Å². The number of benzene rings is 1. The first-order chi connectivity index (χ1) is 9.32. The Hall–Kier alpha value is -1.31. The van der Waals surface area contributed by atoms with Crippen molar-refractivity contribution in [2.45, 2.75) is 11.8 Å². The van der Waals surface area contributed by atoms with E-state index in [1.807, 2.05) is 0 Å². The lowest BCUT2D eigenvalue weighted by molar-refractivity contribution is -0.129. The number of halogens is 1. The number of nitrogens with two attached hydrogens (primary N) is 1. The molecule has 1 fully saturated rings. The zero-order valence-electron chi connectivity index (χ0n) is 11.0. The van der Waals surface area contributed by atoms with Crippen molar-refractivity contribution in [1.29, 1.82) is 0 Å². The number of hydrogen-bond donors (Lipinski definition) is 1. The van der Waals surface area contributed by atoms with E-state index in [9.17, 15) is 13.2 Å². The van der Waals surface area contributed by atoms with Crippen LogP contribution in [0.15, 0.2) is 23.1 Å². The zero-order chi connectivity index (χ0) is 14.9. The van der Waals surface area contributed by atoms with Crippen LogP contribution < -0.4 is 5.73 Å². The molecule has 8 heteroatoms. The van der Waals surface area contributed by atoms with Crippen molar-refractivity contribution < 1.29 is 13.2 Å². The van der Waals surface area contributed by atoms with Gasteiger partial charge in [-0.1, -0.05) is 11.6 Å². The first-order valence-corrected chi connectivity index (χ1v) is 7.95. The second-order valence-electron chi connectivity index (χ2n) is 4.59. The predicted molar refractivity (Wildman–Crippen MR) is 76.9 cm³/mol. The molecule has 6 nitrogen and oxygen atoms in total. The van der Waals surface area contributed by atoms with Gasteiger partial charge in [0.2, 0.25) is 15.9 Å². The molecule has 1 aliphatic rings. The van der Waals surface area contributed by atoms with Gasteiger partial charge in [0, 0.05) is 33.1 Å². The molecule has 0 unspecified atom stereocenters. The molecule has 0 aliphatic carbocycles. The van der Waals surface area contributed by atoms with E-state index in [4.69, 9.17) is 17.3 Å². The lowest BCUT2D eigenvalue weighted by Crippen LogP contribution is -2.49. The number of carbonyl (C=O) groups is 1. The second-order valence-corrected chi connectivity index (χ2v) is 6.94. The topological polar surface area (TPSA) is 83.7 Å². The Bertz CT molecular complexity index is 625. The van der Waals surface area contributed by atoms with Crippen LogP contribution in [0.4, 0.5) is 5.69 Å². The van der Waals surface area contributed by atoms with Crippen LogP contribution >= 0.6 is 11.6 Å². The van der Waals surface area contributed by atoms with Crippen molar-refractivity contribution in [3.05, 3.63) is 23.2 Å². The standard InChI is InChI=1S/C12H16ClN3O3S/c1-9(17)15-4-6-16(7-5-15)20(18,19)10-2-3-11(13)12(14)8-10/h2-3,8H,4-7,14H2,1H3. The summed E-state index contributed by atoms with van der Waals surface area (Å²) in [6.07, 6.45) is 0. The summed E-state index contributed by atoms with van der Waals surface area (Å²) in [5.74, 6) is -0.0437. The largest absolute Gasteiger partial charge is 0.397 e. The van der Waals surface area contributed by atoms with Crippen LogP contribution in [0.5, 0.6) is 0 Å². The predicted octanol–water partition coefficient (Wildman–Crippen LogP) is 0.775. The van der Waals surface area contributed by atoms with E-state index in [0.717, 1.165) is 0 Å². The average molecular weight is 318 g/mol. The van der Waals surface area contributed by atoms with E-state index in [1.165, 1.54) is 29.4 Å². The molecule has 1 heterocycles. The molecule has 1 aliphatic heterocycles. The number of amides is 1. The van der Waals surface area contributed by atoms with Gasteiger partial charge in [-0.3, -0.25) is 4.79 Å². The van der Waals surface area contributed by atoms with Gasteiger partial charge < -0.3 is 10.6 Å². The number of piperazine rings is 1. The summed E-state index contributed by atoms with van der Waals surface area (Å²) in [5, 5.41) is 0.324. The Morgan fingerprint density at radius 3 is 2.35 bits per heavy atom. The van der Waals surface area contributed by atoms with E-state index >= 15 is 0 Å². The molecule has 1 aromatic rings. The van der Waals surface area contributed by atoms with E-state index < -0.39 is 10.0 Å². The van der Waals surface area contributed by atoms with Crippen LogP contribution in [-0.2, 0) is 14.8 Å². The van der Waals surface area contributed by atoms with Crippen molar-refractivity contribution >= 4 is 33.2 Å². The maximum Gasteiger partial charge on any atom is 0.243 e. The zero-order valence-corrected chi connectivity index (χ0v) is 12.6. The molecule has 0 radical (unpaired) electrons. The minimum Gasteiger partial charge on any atom is -0.397 e. The molecule has 0 aromatic heterocycles. The highest BCUT2D eigenvalue weighted by molar-refractivity contribution is 7.89. The fraction of sp³-hybridized carbons (Fsp3) is 0.417. The lowest BCUT2D eigenvalue weighted by Gasteiger charge is -2.33. The quantitative estimate of drug-likeness (QED) is 0.817. The van der Waals surface area contributed by atoms with Crippen LogP contribution in [0.3, 0.4) is 0 Å². The van der Waals surface area contributed by atoms with Gasteiger partial charge in [-0.15, -0.1) is 0 Å². The third-order valence-electron chi connectivity index (χ3n) is 3.29. The van der Waals surface area contributed by atoms with E-state index in [-0.39, 0.29) is 29.6 Å².